The van der Waals surface area contributed by atoms with Crippen molar-refractivity contribution in [2.24, 2.45) is 11.8 Å². The number of rotatable bonds is 14. The Hall–Kier alpha value is -1.20. The minimum atomic E-state index is -0.523. The van der Waals surface area contributed by atoms with Crippen molar-refractivity contribution >= 4 is 11.8 Å². The fourth-order valence-corrected chi connectivity index (χ4v) is 3.95. The van der Waals surface area contributed by atoms with E-state index in [-0.39, 0.29) is 23.6 Å². The van der Waals surface area contributed by atoms with Gasteiger partial charge in [-0.05, 0) is 50.4 Å². The highest BCUT2D eigenvalue weighted by molar-refractivity contribution is 5.78. The van der Waals surface area contributed by atoms with Gasteiger partial charge in [0.2, 0.25) is 0 Å². The number of aliphatic hydroxyl groups is 2. The Morgan fingerprint density at radius 1 is 0.963 bits per heavy atom. The van der Waals surface area contributed by atoms with Crippen LogP contribution in [-0.4, -0.2) is 41.3 Å². The predicted octanol–water partition coefficient (Wildman–Crippen LogP) is 3.95. The van der Waals surface area contributed by atoms with E-state index in [4.69, 9.17) is 0 Å². The van der Waals surface area contributed by atoms with Gasteiger partial charge >= 0.3 is 5.97 Å². The number of ether oxygens (including phenoxy) is 1. The second-order valence-corrected chi connectivity index (χ2v) is 7.76. The molecule has 0 radical (unpaired) electrons. The van der Waals surface area contributed by atoms with Crippen LogP contribution in [0, 0.1) is 11.8 Å². The molecule has 5 nitrogen and oxygen atoms in total. The first-order chi connectivity index (χ1) is 13.0. The molecule has 1 saturated carbocycles. The van der Waals surface area contributed by atoms with Crippen molar-refractivity contribution in [2.75, 3.05) is 7.11 Å². The number of hydrogen-bond donors (Lipinski definition) is 2. The summed E-state index contributed by atoms with van der Waals surface area (Å²) in [6.45, 7) is 2.16. The molecule has 0 spiro atoms. The predicted molar refractivity (Wildman–Crippen MR) is 106 cm³/mol. The van der Waals surface area contributed by atoms with Gasteiger partial charge in [-0.25, -0.2) is 0 Å². The smallest absolute Gasteiger partial charge is 0.305 e. The van der Waals surface area contributed by atoms with Crippen LogP contribution in [0.3, 0.4) is 0 Å². The van der Waals surface area contributed by atoms with Gasteiger partial charge in [0.15, 0.2) is 0 Å². The van der Waals surface area contributed by atoms with E-state index >= 15 is 0 Å². The van der Waals surface area contributed by atoms with Gasteiger partial charge in [-0.3, -0.25) is 9.59 Å². The molecule has 27 heavy (non-hydrogen) atoms. The number of ketones is 1. The number of unbranched alkanes of at least 4 members (excludes halogenated alkanes) is 4. The zero-order valence-electron chi connectivity index (χ0n) is 17.1. The van der Waals surface area contributed by atoms with Gasteiger partial charge in [0.1, 0.15) is 5.78 Å². The van der Waals surface area contributed by atoms with Crippen LogP contribution in [0.4, 0.5) is 0 Å². The van der Waals surface area contributed by atoms with E-state index in [1.54, 1.807) is 0 Å². The number of aliphatic hydroxyl groups excluding tert-OH is 2. The SMILES string of the molecule is CCCCCCC(=O)CC[C@@H]1[C@@H](C/C=C\CCCC(=O)OC)[C@@H](O)C[C@H]1O. The number of Topliss-reactive ketones (excluding diaryl/α,β-unsaturated/α-hetero) is 1. The van der Waals surface area contributed by atoms with E-state index < -0.39 is 12.2 Å². The van der Waals surface area contributed by atoms with Crippen LogP contribution in [0.2, 0.25) is 0 Å². The lowest BCUT2D eigenvalue weighted by atomic mass is 9.86. The third-order valence-corrected chi connectivity index (χ3v) is 5.64. The van der Waals surface area contributed by atoms with Gasteiger partial charge in [-0.2, -0.15) is 0 Å². The van der Waals surface area contributed by atoms with E-state index in [0.29, 0.717) is 38.5 Å². The molecule has 1 rings (SSSR count). The van der Waals surface area contributed by atoms with Crippen molar-refractivity contribution in [1.82, 2.24) is 0 Å². The van der Waals surface area contributed by atoms with Crippen molar-refractivity contribution < 1.29 is 24.5 Å². The first-order valence-corrected chi connectivity index (χ1v) is 10.6. The minimum Gasteiger partial charge on any atom is -0.469 e. The van der Waals surface area contributed by atoms with Crippen molar-refractivity contribution in [3.63, 3.8) is 0 Å². The molecule has 2 N–H and O–H groups in total. The number of esters is 1. The van der Waals surface area contributed by atoms with Crippen LogP contribution >= 0.6 is 0 Å². The van der Waals surface area contributed by atoms with Crippen molar-refractivity contribution in [3.8, 4) is 0 Å². The molecule has 4 atom stereocenters. The normalized spacial score (nSPS) is 25.2. The summed E-state index contributed by atoms with van der Waals surface area (Å²) >= 11 is 0. The third kappa shape index (κ3) is 9.52. The van der Waals surface area contributed by atoms with Gasteiger partial charge < -0.3 is 14.9 Å². The van der Waals surface area contributed by atoms with Crippen LogP contribution in [0.15, 0.2) is 12.2 Å². The topological polar surface area (TPSA) is 83.8 Å². The molecule has 0 amide bonds. The fourth-order valence-electron chi connectivity index (χ4n) is 3.95. The summed E-state index contributed by atoms with van der Waals surface area (Å²) in [6.07, 6.45) is 12.3. The maximum atomic E-state index is 12.1. The summed E-state index contributed by atoms with van der Waals surface area (Å²) < 4.78 is 4.61. The highest BCUT2D eigenvalue weighted by Crippen LogP contribution is 2.38. The monoisotopic (exact) mass is 382 g/mol. The molecule has 0 aromatic rings. The molecular formula is C22H38O5. The van der Waals surface area contributed by atoms with Crippen molar-refractivity contribution in [3.05, 3.63) is 12.2 Å². The van der Waals surface area contributed by atoms with Gasteiger partial charge in [0.25, 0.3) is 0 Å². The summed E-state index contributed by atoms with van der Waals surface area (Å²) in [4.78, 5) is 23.1. The highest BCUT2D eigenvalue weighted by Gasteiger charge is 2.40. The standard InChI is InChI=1S/C22H38O5/c1-3-4-5-8-11-17(23)14-15-19-18(20(24)16-21(19)25)12-9-6-7-10-13-22(26)27-2/h6,9,18-21,24-25H,3-5,7-8,10-16H2,1-2H3/b9-6-/t18-,19-,20+,21-/m1/s1. The highest BCUT2D eigenvalue weighted by atomic mass is 16.5. The molecule has 1 aliphatic carbocycles. The average molecular weight is 383 g/mol. The molecule has 0 aliphatic heterocycles. The lowest BCUT2D eigenvalue weighted by molar-refractivity contribution is -0.140. The van der Waals surface area contributed by atoms with Crippen LogP contribution < -0.4 is 0 Å². The summed E-state index contributed by atoms with van der Waals surface area (Å²) in [5.74, 6) is 0.0676. The first-order valence-electron chi connectivity index (χ1n) is 10.6. The summed E-state index contributed by atoms with van der Waals surface area (Å²) in [6, 6.07) is 0. The molecule has 1 aliphatic rings. The average Bonchev–Trinajstić information content (AvgIpc) is 2.92. The van der Waals surface area contributed by atoms with E-state index in [9.17, 15) is 19.8 Å². The second kappa shape index (κ2) is 13.9. The molecule has 5 heteroatoms. The van der Waals surface area contributed by atoms with Gasteiger partial charge in [0.05, 0.1) is 19.3 Å². The summed E-state index contributed by atoms with van der Waals surface area (Å²) in [5.41, 5.74) is 0. The van der Waals surface area contributed by atoms with Gasteiger partial charge in [0, 0.05) is 19.3 Å². The molecule has 156 valence electrons. The van der Waals surface area contributed by atoms with E-state index in [0.717, 1.165) is 32.1 Å². The van der Waals surface area contributed by atoms with Gasteiger partial charge in [-0.15, -0.1) is 0 Å². The number of carbonyl (C=O) groups is 2. The molecular weight excluding hydrogens is 344 g/mol. The summed E-state index contributed by atoms with van der Waals surface area (Å²) in [5, 5.41) is 20.5. The van der Waals surface area contributed by atoms with Crippen LogP contribution in [0.25, 0.3) is 0 Å². The van der Waals surface area contributed by atoms with E-state index in [2.05, 4.69) is 11.7 Å². The molecule has 0 aromatic carbocycles. The summed E-state index contributed by atoms with van der Waals surface area (Å²) in [7, 11) is 1.39. The lowest BCUT2D eigenvalue weighted by Crippen LogP contribution is -2.22. The number of carbonyl (C=O) groups excluding carboxylic acids is 2. The number of hydrogen-bond acceptors (Lipinski definition) is 5. The Bertz CT molecular complexity index is 460. The Morgan fingerprint density at radius 3 is 2.41 bits per heavy atom. The molecule has 1 fully saturated rings. The molecule has 0 unspecified atom stereocenters. The third-order valence-electron chi connectivity index (χ3n) is 5.64. The van der Waals surface area contributed by atoms with Crippen LogP contribution in [0.5, 0.6) is 0 Å². The quantitative estimate of drug-likeness (QED) is 0.270. The second-order valence-electron chi connectivity index (χ2n) is 7.76. The van der Waals surface area contributed by atoms with E-state index in [1.165, 1.54) is 13.5 Å². The van der Waals surface area contributed by atoms with Crippen molar-refractivity contribution in [2.45, 2.75) is 96.2 Å². The first kappa shape index (κ1) is 23.8. The van der Waals surface area contributed by atoms with E-state index in [1.807, 2.05) is 12.2 Å². The molecule has 0 bridgehead atoms. The van der Waals surface area contributed by atoms with Crippen LogP contribution in [0.1, 0.15) is 84.0 Å². The van der Waals surface area contributed by atoms with Gasteiger partial charge in [-0.1, -0.05) is 38.3 Å². The van der Waals surface area contributed by atoms with Crippen LogP contribution in [-0.2, 0) is 14.3 Å². The minimum absolute atomic E-state index is 0.00440. The molecule has 0 saturated heterocycles. The Balaban J connectivity index is 2.34. The number of methoxy groups -OCH3 is 1. The van der Waals surface area contributed by atoms with Crippen molar-refractivity contribution in [1.29, 1.82) is 0 Å². The lowest BCUT2D eigenvalue weighted by Gasteiger charge is -2.22. The maximum Gasteiger partial charge on any atom is 0.305 e. The Kier molecular flexibility index (Phi) is 12.3. The Labute approximate surface area is 164 Å². The zero-order valence-corrected chi connectivity index (χ0v) is 17.1. The Morgan fingerprint density at radius 2 is 1.70 bits per heavy atom. The largest absolute Gasteiger partial charge is 0.469 e. The molecule has 0 aromatic heterocycles. The fraction of sp³-hybridized carbons (Fsp3) is 0.818. The zero-order chi connectivity index (χ0) is 20.1. The number of allylic oxidation sites excluding steroid dienone is 2. The molecule has 0 heterocycles. The maximum absolute atomic E-state index is 12.1.